The van der Waals surface area contributed by atoms with Gasteiger partial charge in [0.25, 0.3) is 5.91 Å². The largest absolute Gasteiger partial charge is 0.479 e. The van der Waals surface area contributed by atoms with E-state index >= 15 is 0 Å². The van der Waals surface area contributed by atoms with Crippen molar-refractivity contribution < 1.29 is 14.3 Å². The molecule has 1 unspecified atom stereocenters. The van der Waals surface area contributed by atoms with Crippen LogP contribution in [0, 0.1) is 0 Å². The van der Waals surface area contributed by atoms with Crippen molar-refractivity contribution in [2.75, 3.05) is 0 Å². The Morgan fingerprint density at radius 2 is 1.92 bits per heavy atom. The first-order chi connectivity index (χ1) is 11.9. The summed E-state index contributed by atoms with van der Waals surface area (Å²) >= 11 is 12.0. The second kappa shape index (κ2) is 8.92. The number of hydrogen-bond donors (Lipinski definition) is 1. The maximum absolute atomic E-state index is 12.2. The number of rotatable bonds is 7. The van der Waals surface area contributed by atoms with E-state index in [1.807, 2.05) is 19.9 Å². The second-order valence-electron chi connectivity index (χ2n) is 5.70. The summed E-state index contributed by atoms with van der Waals surface area (Å²) in [4.78, 5) is 16.4. The van der Waals surface area contributed by atoms with Crippen LogP contribution in [0.1, 0.15) is 26.3 Å². The van der Waals surface area contributed by atoms with Gasteiger partial charge in [-0.05, 0) is 38.5 Å². The lowest BCUT2D eigenvalue weighted by Crippen LogP contribution is -2.36. The Hall–Kier alpha value is -1.98. The van der Waals surface area contributed by atoms with Crippen LogP contribution in [0.25, 0.3) is 0 Å². The highest BCUT2D eigenvalue weighted by Gasteiger charge is 2.16. The molecule has 0 fully saturated rings. The van der Waals surface area contributed by atoms with Crippen molar-refractivity contribution in [3.8, 4) is 11.6 Å². The molecule has 0 aliphatic heterocycles. The van der Waals surface area contributed by atoms with Crippen LogP contribution >= 0.6 is 23.2 Å². The lowest BCUT2D eigenvalue weighted by molar-refractivity contribution is -0.127. The fourth-order valence-electron chi connectivity index (χ4n) is 1.98. The number of ether oxygens (including phenoxy) is 2. The minimum absolute atomic E-state index is 0.0642. The highest BCUT2D eigenvalue weighted by molar-refractivity contribution is 6.42. The highest BCUT2D eigenvalue weighted by atomic mass is 35.5. The normalized spacial score (nSPS) is 11.9. The van der Waals surface area contributed by atoms with Gasteiger partial charge >= 0.3 is 0 Å². The van der Waals surface area contributed by atoms with E-state index in [2.05, 4.69) is 10.3 Å². The predicted octanol–water partition coefficient (Wildman–Crippen LogP) is 4.26. The molecular weight excluding hydrogens is 363 g/mol. The molecule has 0 radical (unpaired) electrons. The Labute approximate surface area is 157 Å². The Morgan fingerprint density at radius 1 is 1.16 bits per heavy atom. The van der Waals surface area contributed by atoms with Crippen LogP contribution in [0.3, 0.4) is 0 Å². The predicted molar refractivity (Wildman–Crippen MR) is 98.4 cm³/mol. The number of carbonyl (C=O) groups excluding carboxylic acids is 1. The van der Waals surface area contributed by atoms with Gasteiger partial charge in [-0.3, -0.25) is 4.79 Å². The first kappa shape index (κ1) is 19.3. The van der Waals surface area contributed by atoms with Crippen molar-refractivity contribution in [3.05, 3.63) is 52.1 Å². The molecule has 1 aromatic heterocycles. The van der Waals surface area contributed by atoms with Gasteiger partial charge in [-0.15, -0.1) is 0 Å². The molecule has 1 aromatic carbocycles. The molecule has 7 heteroatoms. The van der Waals surface area contributed by atoms with Gasteiger partial charge in [0.05, 0.1) is 11.1 Å². The van der Waals surface area contributed by atoms with Crippen molar-refractivity contribution >= 4 is 29.1 Å². The van der Waals surface area contributed by atoms with Crippen LogP contribution in [0.5, 0.6) is 11.6 Å². The van der Waals surface area contributed by atoms with Gasteiger partial charge < -0.3 is 14.8 Å². The van der Waals surface area contributed by atoms with Gasteiger partial charge in [0.15, 0.2) is 6.10 Å². The molecule has 0 aliphatic rings. The van der Waals surface area contributed by atoms with Gasteiger partial charge in [0.2, 0.25) is 5.88 Å². The molecule has 1 atom stereocenters. The molecule has 1 amide bonds. The third-order valence-electron chi connectivity index (χ3n) is 3.21. The van der Waals surface area contributed by atoms with Crippen LogP contribution in [0.15, 0.2) is 36.5 Å². The molecule has 25 heavy (non-hydrogen) atoms. The Bertz CT molecular complexity index is 721. The standard InChI is InChI=1S/C18H20Cl2N2O3/c1-11(2)24-16-8-7-13(9-21-16)10-22-18(23)12(3)25-15-6-4-5-14(19)17(15)20/h4-9,11-12H,10H2,1-3H3,(H,22,23). The number of hydrogen-bond acceptors (Lipinski definition) is 4. The van der Waals surface area contributed by atoms with E-state index in [9.17, 15) is 4.79 Å². The Morgan fingerprint density at radius 3 is 2.56 bits per heavy atom. The summed E-state index contributed by atoms with van der Waals surface area (Å²) in [5.74, 6) is 0.657. The molecule has 0 saturated heterocycles. The summed E-state index contributed by atoms with van der Waals surface area (Å²) in [5, 5.41) is 3.45. The molecule has 0 aliphatic carbocycles. The molecule has 5 nitrogen and oxygen atoms in total. The third kappa shape index (κ3) is 5.80. The summed E-state index contributed by atoms with van der Waals surface area (Å²) in [5.41, 5.74) is 0.859. The summed E-state index contributed by atoms with van der Waals surface area (Å²) < 4.78 is 11.1. The minimum atomic E-state index is -0.715. The first-order valence-corrected chi connectivity index (χ1v) is 8.62. The van der Waals surface area contributed by atoms with E-state index in [1.54, 1.807) is 37.4 Å². The van der Waals surface area contributed by atoms with E-state index in [4.69, 9.17) is 32.7 Å². The number of amides is 1. The number of nitrogens with one attached hydrogen (secondary N) is 1. The molecule has 1 N–H and O–H groups in total. The number of benzene rings is 1. The van der Waals surface area contributed by atoms with Crippen LogP contribution in [-0.2, 0) is 11.3 Å². The smallest absolute Gasteiger partial charge is 0.261 e. The van der Waals surface area contributed by atoms with Crippen LogP contribution in [0.4, 0.5) is 0 Å². The lowest BCUT2D eigenvalue weighted by atomic mass is 10.2. The van der Waals surface area contributed by atoms with Crippen molar-refractivity contribution in [2.45, 2.75) is 39.5 Å². The molecule has 2 aromatic rings. The number of carbonyl (C=O) groups is 1. The molecular formula is C18H20Cl2N2O3. The van der Waals surface area contributed by atoms with Gasteiger partial charge in [0, 0.05) is 18.8 Å². The maximum atomic E-state index is 12.2. The van der Waals surface area contributed by atoms with Crippen LogP contribution in [-0.4, -0.2) is 23.1 Å². The fourth-order valence-corrected chi connectivity index (χ4v) is 2.32. The maximum Gasteiger partial charge on any atom is 0.261 e. The molecule has 0 spiro atoms. The molecule has 0 saturated carbocycles. The topological polar surface area (TPSA) is 60.5 Å². The first-order valence-electron chi connectivity index (χ1n) is 7.86. The summed E-state index contributed by atoms with van der Waals surface area (Å²) in [7, 11) is 0. The molecule has 1 heterocycles. The SMILES string of the molecule is CC(C)Oc1ccc(CNC(=O)C(C)Oc2cccc(Cl)c2Cl)cn1. The quantitative estimate of drug-likeness (QED) is 0.776. The zero-order valence-electron chi connectivity index (χ0n) is 14.3. The highest BCUT2D eigenvalue weighted by Crippen LogP contribution is 2.32. The van der Waals surface area contributed by atoms with E-state index < -0.39 is 6.10 Å². The van der Waals surface area contributed by atoms with Gasteiger partial charge in [0.1, 0.15) is 10.8 Å². The van der Waals surface area contributed by atoms with Crippen molar-refractivity contribution in [1.82, 2.24) is 10.3 Å². The van der Waals surface area contributed by atoms with Gasteiger partial charge in [-0.2, -0.15) is 0 Å². The fraction of sp³-hybridized carbons (Fsp3) is 0.333. The molecule has 2 rings (SSSR count). The van der Waals surface area contributed by atoms with Crippen molar-refractivity contribution in [2.24, 2.45) is 0 Å². The second-order valence-corrected chi connectivity index (χ2v) is 6.49. The Kier molecular flexibility index (Phi) is 6.91. The third-order valence-corrected chi connectivity index (χ3v) is 4.01. The monoisotopic (exact) mass is 382 g/mol. The zero-order chi connectivity index (χ0) is 18.4. The van der Waals surface area contributed by atoms with Crippen molar-refractivity contribution in [3.63, 3.8) is 0 Å². The van der Waals surface area contributed by atoms with E-state index in [-0.39, 0.29) is 17.0 Å². The van der Waals surface area contributed by atoms with Crippen LogP contribution in [0.2, 0.25) is 10.0 Å². The molecule has 134 valence electrons. The van der Waals surface area contributed by atoms with E-state index in [0.717, 1.165) is 5.56 Å². The summed E-state index contributed by atoms with van der Waals surface area (Å²) in [6.07, 6.45) is 1.01. The van der Waals surface area contributed by atoms with Crippen LogP contribution < -0.4 is 14.8 Å². The van der Waals surface area contributed by atoms with Crippen molar-refractivity contribution in [1.29, 1.82) is 0 Å². The summed E-state index contributed by atoms with van der Waals surface area (Å²) in [6, 6.07) is 8.65. The zero-order valence-corrected chi connectivity index (χ0v) is 15.8. The number of pyridine rings is 1. The number of aromatic nitrogens is 1. The average Bonchev–Trinajstić information content (AvgIpc) is 2.57. The van der Waals surface area contributed by atoms with Gasteiger partial charge in [-0.1, -0.05) is 35.3 Å². The number of nitrogens with zero attached hydrogens (tertiary/aromatic N) is 1. The summed E-state index contributed by atoms with van der Waals surface area (Å²) in [6.45, 7) is 5.85. The van der Waals surface area contributed by atoms with E-state index in [1.165, 1.54) is 0 Å². The Balaban J connectivity index is 1.88. The number of halogens is 2. The average molecular weight is 383 g/mol. The minimum Gasteiger partial charge on any atom is -0.479 e. The van der Waals surface area contributed by atoms with Gasteiger partial charge in [-0.25, -0.2) is 4.98 Å². The molecule has 0 bridgehead atoms. The lowest BCUT2D eigenvalue weighted by Gasteiger charge is -2.16. The van der Waals surface area contributed by atoms with E-state index in [0.29, 0.717) is 23.2 Å².